The number of hydrogen-bond acceptors (Lipinski definition) is 3. The first kappa shape index (κ1) is 13.3. The van der Waals surface area contributed by atoms with E-state index in [4.69, 9.17) is 5.11 Å². The van der Waals surface area contributed by atoms with E-state index >= 15 is 0 Å². The van der Waals surface area contributed by atoms with Crippen LogP contribution in [0.5, 0.6) is 0 Å². The molecule has 19 heavy (non-hydrogen) atoms. The van der Waals surface area contributed by atoms with Gasteiger partial charge in [-0.3, -0.25) is 9.53 Å². The molecule has 0 aliphatic heterocycles. The standard InChI is InChI=1S/C12H13N3O3S/c1-2-3-6-19(18)8-4-5-9-10(7-8)14-11(13-9)15-12(16)17/h2-5,7H,6H2,1H3,(H,16,17)(H2,13,14,15)/b3-2+. The minimum Gasteiger partial charge on any atom is -0.465 e. The molecule has 3 N–H and O–H groups in total. The number of anilines is 1. The molecule has 1 heterocycles. The number of aromatic nitrogens is 2. The van der Waals surface area contributed by atoms with E-state index < -0.39 is 16.9 Å². The fourth-order valence-electron chi connectivity index (χ4n) is 1.57. The van der Waals surface area contributed by atoms with Gasteiger partial charge in [-0.05, 0) is 25.1 Å². The molecule has 0 radical (unpaired) electrons. The number of fused-ring (bicyclic) bond motifs is 1. The van der Waals surface area contributed by atoms with Crippen molar-refractivity contribution in [2.75, 3.05) is 11.1 Å². The third-order valence-corrected chi connectivity index (χ3v) is 3.70. The number of allylic oxidation sites excluding steroid dienone is 1. The number of carboxylic acid groups (broad SMARTS) is 1. The Morgan fingerprint density at radius 1 is 1.58 bits per heavy atom. The van der Waals surface area contributed by atoms with Crippen LogP contribution < -0.4 is 5.32 Å². The lowest BCUT2D eigenvalue weighted by molar-refractivity contribution is 0.209. The highest BCUT2D eigenvalue weighted by atomic mass is 32.2. The summed E-state index contributed by atoms with van der Waals surface area (Å²) in [5.41, 5.74) is 1.27. The Bertz CT molecular complexity index is 663. The largest absolute Gasteiger partial charge is 0.465 e. The predicted molar refractivity (Wildman–Crippen MR) is 73.8 cm³/mol. The minimum atomic E-state index is -1.18. The molecule has 0 spiro atoms. The van der Waals surface area contributed by atoms with Crippen LogP contribution in [0, 0.1) is 0 Å². The molecule has 7 heteroatoms. The van der Waals surface area contributed by atoms with Crippen LogP contribution in [0.25, 0.3) is 11.0 Å². The Hall–Kier alpha value is -2.15. The third-order valence-electron chi connectivity index (χ3n) is 2.42. The highest BCUT2D eigenvalue weighted by Gasteiger charge is 2.08. The molecule has 0 aliphatic carbocycles. The van der Waals surface area contributed by atoms with Gasteiger partial charge in [0.2, 0.25) is 5.95 Å². The van der Waals surface area contributed by atoms with Gasteiger partial charge in [0.05, 0.1) is 21.8 Å². The van der Waals surface area contributed by atoms with E-state index in [2.05, 4.69) is 15.3 Å². The van der Waals surface area contributed by atoms with Crippen LogP contribution in [-0.4, -0.2) is 31.1 Å². The topological polar surface area (TPSA) is 95.1 Å². The molecule has 1 aromatic heterocycles. The average Bonchev–Trinajstić information content (AvgIpc) is 2.75. The smallest absolute Gasteiger partial charge is 0.411 e. The zero-order valence-electron chi connectivity index (χ0n) is 10.2. The maximum atomic E-state index is 11.9. The Labute approximate surface area is 112 Å². The SMILES string of the molecule is C/C=C/CS(=O)c1ccc2nc(NC(=O)O)[nH]c2c1. The quantitative estimate of drug-likeness (QED) is 0.748. The van der Waals surface area contributed by atoms with E-state index in [1.165, 1.54) is 0 Å². The number of nitrogens with one attached hydrogen (secondary N) is 2. The Kier molecular flexibility index (Phi) is 3.96. The molecular formula is C12H13N3O3S. The number of imidazole rings is 1. The molecule has 1 atom stereocenters. The maximum absolute atomic E-state index is 11.9. The van der Waals surface area contributed by atoms with Crippen molar-refractivity contribution in [3.63, 3.8) is 0 Å². The fraction of sp³-hybridized carbons (Fsp3) is 0.167. The van der Waals surface area contributed by atoms with E-state index in [0.717, 1.165) is 0 Å². The van der Waals surface area contributed by atoms with Gasteiger partial charge >= 0.3 is 6.09 Å². The molecule has 6 nitrogen and oxygen atoms in total. The van der Waals surface area contributed by atoms with Gasteiger partial charge < -0.3 is 10.1 Å². The summed E-state index contributed by atoms with van der Waals surface area (Å²) in [4.78, 5) is 18.1. The van der Waals surface area contributed by atoms with E-state index in [1.54, 1.807) is 18.2 Å². The molecule has 0 bridgehead atoms. The second-order valence-electron chi connectivity index (χ2n) is 3.78. The maximum Gasteiger partial charge on any atom is 0.411 e. The Morgan fingerprint density at radius 2 is 2.37 bits per heavy atom. The van der Waals surface area contributed by atoms with E-state index in [9.17, 15) is 9.00 Å². The normalized spacial score (nSPS) is 12.9. The molecular weight excluding hydrogens is 266 g/mol. The summed E-state index contributed by atoms with van der Waals surface area (Å²) in [6.45, 7) is 1.87. The van der Waals surface area contributed by atoms with Crippen LogP contribution in [-0.2, 0) is 10.8 Å². The number of aromatic amines is 1. The van der Waals surface area contributed by atoms with E-state index in [1.807, 2.05) is 19.1 Å². The van der Waals surface area contributed by atoms with Gasteiger partial charge in [0.15, 0.2) is 0 Å². The number of benzene rings is 1. The van der Waals surface area contributed by atoms with Crippen LogP contribution in [0.15, 0.2) is 35.2 Å². The lowest BCUT2D eigenvalue weighted by atomic mass is 10.3. The zero-order chi connectivity index (χ0) is 13.8. The van der Waals surface area contributed by atoms with Gasteiger partial charge in [0.25, 0.3) is 0 Å². The van der Waals surface area contributed by atoms with Crippen molar-refractivity contribution in [2.24, 2.45) is 0 Å². The molecule has 0 fully saturated rings. The molecule has 100 valence electrons. The molecule has 1 unspecified atom stereocenters. The number of nitrogens with zero attached hydrogens (tertiary/aromatic N) is 1. The molecule has 0 aliphatic rings. The third kappa shape index (κ3) is 3.19. The number of amides is 1. The molecule has 2 aromatic rings. The van der Waals surface area contributed by atoms with Gasteiger partial charge in [0, 0.05) is 10.6 Å². The van der Waals surface area contributed by atoms with Crippen molar-refractivity contribution in [3.05, 3.63) is 30.4 Å². The number of H-pyrrole nitrogens is 1. The molecule has 0 saturated heterocycles. The second kappa shape index (κ2) is 5.66. The highest BCUT2D eigenvalue weighted by molar-refractivity contribution is 7.85. The van der Waals surface area contributed by atoms with E-state index in [0.29, 0.717) is 21.7 Å². The van der Waals surface area contributed by atoms with Crippen LogP contribution in [0.1, 0.15) is 6.92 Å². The molecule has 0 saturated carbocycles. The van der Waals surface area contributed by atoms with Gasteiger partial charge in [-0.25, -0.2) is 9.78 Å². The van der Waals surface area contributed by atoms with Gasteiger partial charge in [-0.2, -0.15) is 0 Å². The first-order valence-corrected chi connectivity index (χ1v) is 6.91. The number of carbonyl (C=O) groups is 1. The fourth-order valence-corrected chi connectivity index (χ4v) is 2.60. The first-order valence-electron chi connectivity index (χ1n) is 5.59. The monoisotopic (exact) mass is 279 g/mol. The summed E-state index contributed by atoms with van der Waals surface area (Å²) in [6.07, 6.45) is 2.50. The number of rotatable bonds is 4. The summed E-state index contributed by atoms with van der Waals surface area (Å²) in [5.74, 6) is 0.606. The Morgan fingerprint density at radius 3 is 3.05 bits per heavy atom. The van der Waals surface area contributed by atoms with Crippen molar-refractivity contribution >= 4 is 33.9 Å². The average molecular weight is 279 g/mol. The summed E-state index contributed by atoms with van der Waals surface area (Å²) >= 11 is 0. The molecule has 1 aromatic carbocycles. The Balaban J connectivity index is 2.29. The van der Waals surface area contributed by atoms with Gasteiger partial charge in [0.1, 0.15) is 0 Å². The lowest BCUT2D eigenvalue weighted by Crippen LogP contribution is -2.08. The lowest BCUT2D eigenvalue weighted by Gasteiger charge is -1.98. The minimum absolute atomic E-state index is 0.152. The van der Waals surface area contributed by atoms with Crippen molar-refractivity contribution in [2.45, 2.75) is 11.8 Å². The number of hydrogen-bond donors (Lipinski definition) is 3. The van der Waals surface area contributed by atoms with Gasteiger partial charge in [-0.15, -0.1) is 0 Å². The van der Waals surface area contributed by atoms with Crippen molar-refractivity contribution < 1.29 is 14.1 Å². The molecule has 1 amide bonds. The van der Waals surface area contributed by atoms with Crippen LogP contribution in [0.3, 0.4) is 0 Å². The highest BCUT2D eigenvalue weighted by Crippen LogP contribution is 2.18. The second-order valence-corrected chi connectivity index (χ2v) is 5.27. The summed E-state index contributed by atoms with van der Waals surface area (Å²) in [5, 5.41) is 10.7. The van der Waals surface area contributed by atoms with Crippen LogP contribution in [0.4, 0.5) is 10.7 Å². The summed E-state index contributed by atoms with van der Waals surface area (Å²) in [7, 11) is -1.11. The van der Waals surface area contributed by atoms with Crippen LogP contribution >= 0.6 is 0 Å². The summed E-state index contributed by atoms with van der Waals surface area (Å²) < 4.78 is 11.9. The van der Waals surface area contributed by atoms with Crippen LogP contribution in [0.2, 0.25) is 0 Å². The van der Waals surface area contributed by atoms with Crippen molar-refractivity contribution in [1.29, 1.82) is 0 Å². The first-order chi connectivity index (χ1) is 9.10. The zero-order valence-corrected chi connectivity index (χ0v) is 11.0. The van der Waals surface area contributed by atoms with E-state index in [-0.39, 0.29) is 5.95 Å². The van der Waals surface area contributed by atoms with Crippen molar-refractivity contribution in [1.82, 2.24) is 9.97 Å². The predicted octanol–water partition coefficient (Wildman–Crippen LogP) is 2.34. The van der Waals surface area contributed by atoms with Crippen molar-refractivity contribution in [3.8, 4) is 0 Å². The molecule has 2 rings (SSSR count). The summed E-state index contributed by atoms with van der Waals surface area (Å²) in [6, 6.07) is 5.16. The van der Waals surface area contributed by atoms with Gasteiger partial charge in [-0.1, -0.05) is 12.2 Å².